The molecule has 0 aliphatic carbocycles. The third-order valence-electron chi connectivity index (χ3n) is 3.93. The summed E-state index contributed by atoms with van der Waals surface area (Å²) >= 11 is 5.84. The van der Waals surface area contributed by atoms with E-state index in [1.165, 1.54) is 0 Å². The largest absolute Gasteiger partial charge is 0.481 e. The molecule has 0 saturated carbocycles. The average molecular weight is 406 g/mol. The van der Waals surface area contributed by atoms with E-state index in [9.17, 15) is 19.5 Å². The van der Waals surface area contributed by atoms with Gasteiger partial charge in [-0.05, 0) is 29.7 Å². The molecule has 28 heavy (non-hydrogen) atoms. The van der Waals surface area contributed by atoms with E-state index in [1.54, 1.807) is 54.6 Å². The van der Waals surface area contributed by atoms with Crippen molar-refractivity contribution in [3.63, 3.8) is 0 Å². The van der Waals surface area contributed by atoms with Crippen molar-refractivity contribution in [2.75, 3.05) is 0 Å². The maximum atomic E-state index is 12.1. The number of alkyl carbamates (subject to hydrolysis) is 1. The number of carbonyl (C=O) groups excluding carboxylic acids is 2. The SMILES string of the molecule is O=C(O)CCC(NC(=O)OC(O)C(=O)Cc1ccccc1)c1ccc(Cl)cc1. The molecule has 2 aromatic rings. The molecule has 8 heteroatoms. The number of halogens is 1. The molecule has 0 fully saturated rings. The van der Waals surface area contributed by atoms with Crippen LogP contribution in [0.4, 0.5) is 4.79 Å². The second-order valence-corrected chi connectivity index (χ2v) is 6.50. The molecule has 0 bridgehead atoms. The Bertz CT molecular complexity index is 809. The zero-order valence-corrected chi connectivity index (χ0v) is 15.6. The van der Waals surface area contributed by atoms with Crippen LogP contribution in [0.25, 0.3) is 0 Å². The van der Waals surface area contributed by atoms with E-state index < -0.39 is 30.2 Å². The molecule has 7 nitrogen and oxygen atoms in total. The highest BCUT2D eigenvalue weighted by Gasteiger charge is 2.23. The summed E-state index contributed by atoms with van der Waals surface area (Å²) in [7, 11) is 0. The summed E-state index contributed by atoms with van der Waals surface area (Å²) in [6, 6.07) is 14.5. The fourth-order valence-electron chi connectivity index (χ4n) is 2.51. The fourth-order valence-corrected chi connectivity index (χ4v) is 2.64. The van der Waals surface area contributed by atoms with Crippen molar-refractivity contribution in [2.45, 2.75) is 31.6 Å². The minimum absolute atomic E-state index is 0.0884. The Morgan fingerprint density at radius 1 is 1.04 bits per heavy atom. The molecule has 0 spiro atoms. The zero-order chi connectivity index (χ0) is 20.5. The normalized spacial score (nSPS) is 12.6. The highest BCUT2D eigenvalue weighted by molar-refractivity contribution is 6.30. The number of ether oxygens (including phenoxy) is 1. The molecule has 2 rings (SSSR count). The second-order valence-electron chi connectivity index (χ2n) is 6.07. The van der Waals surface area contributed by atoms with Crippen LogP contribution in [0.1, 0.15) is 30.0 Å². The van der Waals surface area contributed by atoms with E-state index in [0.717, 1.165) is 0 Å². The number of amides is 1. The van der Waals surface area contributed by atoms with Crippen LogP contribution in [-0.4, -0.2) is 34.3 Å². The number of aliphatic carboxylic acids is 1. The monoisotopic (exact) mass is 405 g/mol. The molecule has 0 heterocycles. The molecular weight excluding hydrogens is 386 g/mol. The first-order valence-electron chi connectivity index (χ1n) is 8.54. The van der Waals surface area contributed by atoms with E-state index in [0.29, 0.717) is 16.1 Å². The molecular formula is C20H20ClNO6. The Morgan fingerprint density at radius 2 is 1.68 bits per heavy atom. The third kappa shape index (κ3) is 7.02. The summed E-state index contributed by atoms with van der Waals surface area (Å²) in [6.07, 6.45) is -3.14. The van der Waals surface area contributed by atoms with Crippen LogP contribution in [0.5, 0.6) is 0 Å². The summed E-state index contributed by atoms with van der Waals surface area (Å²) < 4.78 is 4.75. The number of carboxylic acids is 1. The molecule has 2 aromatic carbocycles. The van der Waals surface area contributed by atoms with Crippen molar-refractivity contribution in [3.05, 3.63) is 70.7 Å². The third-order valence-corrected chi connectivity index (χ3v) is 4.18. The maximum absolute atomic E-state index is 12.1. The Kier molecular flexibility index (Phi) is 7.98. The lowest BCUT2D eigenvalue weighted by molar-refractivity contribution is -0.144. The fraction of sp³-hybridized carbons (Fsp3) is 0.250. The molecule has 0 aliphatic heterocycles. The van der Waals surface area contributed by atoms with Crippen molar-refractivity contribution in [1.82, 2.24) is 5.32 Å². The molecule has 3 N–H and O–H groups in total. The number of aliphatic hydroxyl groups is 1. The van der Waals surface area contributed by atoms with Crippen molar-refractivity contribution in [1.29, 1.82) is 0 Å². The molecule has 2 unspecified atom stereocenters. The summed E-state index contributed by atoms with van der Waals surface area (Å²) in [4.78, 5) is 35.0. The number of carboxylic acid groups (broad SMARTS) is 1. The van der Waals surface area contributed by atoms with Crippen molar-refractivity contribution in [2.24, 2.45) is 0 Å². The summed E-state index contributed by atoms with van der Waals surface area (Å²) in [6.45, 7) is 0. The first kappa shape index (κ1) is 21.4. The number of hydrogen-bond donors (Lipinski definition) is 3. The quantitative estimate of drug-likeness (QED) is 0.552. The van der Waals surface area contributed by atoms with Gasteiger partial charge >= 0.3 is 12.1 Å². The van der Waals surface area contributed by atoms with Crippen LogP contribution in [0, 0.1) is 0 Å². The maximum Gasteiger partial charge on any atom is 0.410 e. The van der Waals surface area contributed by atoms with Gasteiger partial charge in [-0.15, -0.1) is 0 Å². The van der Waals surface area contributed by atoms with E-state index in [1.807, 2.05) is 0 Å². The van der Waals surface area contributed by atoms with Crippen LogP contribution in [0.2, 0.25) is 5.02 Å². The van der Waals surface area contributed by atoms with Crippen LogP contribution in [0.3, 0.4) is 0 Å². The lowest BCUT2D eigenvalue weighted by Crippen LogP contribution is -2.36. The van der Waals surface area contributed by atoms with Gasteiger partial charge in [-0.3, -0.25) is 9.59 Å². The molecule has 0 aliphatic rings. The van der Waals surface area contributed by atoms with E-state index >= 15 is 0 Å². The highest BCUT2D eigenvalue weighted by atomic mass is 35.5. The van der Waals surface area contributed by atoms with Gasteiger partial charge in [0.2, 0.25) is 5.78 Å². The van der Waals surface area contributed by atoms with Gasteiger partial charge in [0.05, 0.1) is 6.04 Å². The second kappa shape index (κ2) is 10.4. The number of aliphatic hydroxyl groups excluding tert-OH is 1. The van der Waals surface area contributed by atoms with Crippen LogP contribution in [-0.2, 0) is 20.7 Å². The van der Waals surface area contributed by atoms with Crippen LogP contribution < -0.4 is 5.32 Å². The zero-order valence-electron chi connectivity index (χ0n) is 14.9. The van der Waals surface area contributed by atoms with E-state index in [4.69, 9.17) is 21.4 Å². The Hall–Kier alpha value is -2.90. The van der Waals surface area contributed by atoms with Crippen molar-refractivity contribution < 1.29 is 29.3 Å². The molecule has 0 aromatic heterocycles. The van der Waals surface area contributed by atoms with Crippen LogP contribution in [0.15, 0.2) is 54.6 Å². The van der Waals surface area contributed by atoms with Gasteiger partial charge in [0, 0.05) is 17.9 Å². The predicted octanol–water partition coefficient (Wildman–Crippen LogP) is 3.10. The van der Waals surface area contributed by atoms with Crippen molar-refractivity contribution in [3.8, 4) is 0 Å². The lowest BCUT2D eigenvalue weighted by atomic mass is 10.0. The van der Waals surface area contributed by atoms with E-state index in [-0.39, 0.29) is 19.3 Å². The van der Waals surface area contributed by atoms with Gasteiger partial charge in [-0.2, -0.15) is 0 Å². The molecule has 0 radical (unpaired) electrons. The molecule has 0 saturated heterocycles. The molecule has 148 valence electrons. The topological polar surface area (TPSA) is 113 Å². The standard InChI is InChI=1S/C20H20ClNO6/c21-15-8-6-14(7-9-15)16(10-11-18(24)25)22-20(27)28-19(26)17(23)12-13-4-2-1-3-5-13/h1-9,16,19,26H,10-12H2,(H,22,27)(H,24,25). The summed E-state index contributed by atoms with van der Waals surface area (Å²) in [5, 5.41) is 21.7. The predicted molar refractivity (Wildman–Crippen MR) is 102 cm³/mol. The summed E-state index contributed by atoms with van der Waals surface area (Å²) in [5.41, 5.74) is 1.30. The van der Waals surface area contributed by atoms with Crippen LogP contribution >= 0.6 is 11.6 Å². The minimum Gasteiger partial charge on any atom is -0.481 e. The highest BCUT2D eigenvalue weighted by Crippen LogP contribution is 2.21. The smallest absolute Gasteiger partial charge is 0.410 e. The average Bonchev–Trinajstić information content (AvgIpc) is 2.66. The lowest BCUT2D eigenvalue weighted by Gasteiger charge is -2.19. The van der Waals surface area contributed by atoms with Gasteiger partial charge in [0.15, 0.2) is 0 Å². The van der Waals surface area contributed by atoms with Crippen molar-refractivity contribution >= 4 is 29.4 Å². The number of ketones is 1. The number of hydrogen-bond acceptors (Lipinski definition) is 5. The number of Topliss-reactive ketones (excluding diaryl/α,β-unsaturated/α-hetero) is 1. The number of nitrogens with one attached hydrogen (secondary N) is 1. The molecule has 1 amide bonds. The van der Waals surface area contributed by atoms with Gasteiger partial charge in [0.1, 0.15) is 0 Å². The van der Waals surface area contributed by atoms with Gasteiger partial charge in [0.25, 0.3) is 6.29 Å². The minimum atomic E-state index is -1.93. The van der Waals surface area contributed by atoms with Gasteiger partial charge in [-0.1, -0.05) is 54.1 Å². The van der Waals surface area contributed by atoms with Gasteiger partial charge in [-0.25, -0.2) is 4.79 Å². The first-order valence-corrected chi connectivity index (χ1v) is 8.92. The Balaban J connectivity index is 1.96. The number of carbonyl (C=O) groups is 3. The number of rotatable bonds is 9. The Labute approximate surface area is 166 Å². The first-order chi connectivity index (χ1) is 13.3. The number of benzene rings is 2. The van der Waals surface area contributed by atoms with E-state index in [2.05, 4.69) is 5.32 Å². The Morgan fingerprint density at radius 3 is 2.29 bits per heavy atom. The molecule has 2 atom stereocenters. The van der Waals surface area contributed by atoms with Gasteiger partial charge < -0.3 is 20.3 Å². The summed E-state index contributed by atoms with van der Waals surface area (Å²) in [5.74, 6) is -1.69.